The van der Waals surface area contributed by atoms with Crippen molar-refractivity contribution in [2.24, 2.45) is 5.41 Å². The van der Waals surface area contributed by atoms with Crippen molar-refractivity contribution in [1.82, 2.24) is 0 Å². The Balaban J connectivity index is 2.98. The van der Waals surface area contributed by atoms with Crippen molar-refractivity contribution >= 4 is 13.2 Å². The van der Waals surface area contributed by atoms with Crippen molar-refractivity contribution in [1.29, 1.82) is 0 Å². The van der Waals surface area contributed by atoms with Crippen LogP contribution in [0.1, 0.15) is 66.4 Å². The molecule has 0 N–H and O–H groups in total. The molecule has 0 aliphatic carbocycles. The second-order valence-electron chi connectivity index (χ2n) is 7.76. The highest BCUT2D eigenvalue weighted by Gasteiger charge is 2.23. The Labute approximate surface area is 160 Å². The minimum Gasteiger partial charge on any atom is -0.309 e. The molecule has 0 unspecified atom stereocenters. The molecule has 1 aromatic rings. The minimum atomic E-state index is -2.98. The zero-order valence-electron chi connectivity index (χ0n) is 17.3. The molecule has 4 heteroatoms. The second-order valence-corrected chi connectivity index (χ2v) is 9.95. The van der Waals surface area contributed by atoms with Gasteiger partial charge in [0.1, 0.15) is 0 Å². The highest BCUT2D eigenvalue weighted by molar-refractivity contribution is 7.53. The quantitative estimate of drug-likeness (QED) is 0.322. The van der Waals surface area contributed by atoms with E-state index in [1.807, 2.05) is 32.0 Å². The van der Waals surface area contributed by atoms with E-state index < -0.39 is 7.60 Å². The SMILES string of the molecule is CCOP(=O)(CCCC(=C=C(C)CC(C)(C)C)c1ccccc1)OCC. The predicted octanol–water partition coefficient (Wildman–Crippen LogP) is 7.10. The van der Waals surface area contributed by atoms with Crippen molar-refractivity contribution in [3.8, 4) is 0 Å². The van der Waals surface area contributed by atoms with E-state index in [1.165, 1.54) is 11.1 Å². The van der Waals surface area contributed by atoms with E-state index in [-0.39, 0.29) is 5.41 Å². The molecule has 0 atom stereocenters. The number of allylic oxidation sites excluding steroid dienone is 1. The van der Waals surface area contributed by atoms with E-state index in [0.717, 1.165) is 24.8 Å². The van der Waals surface area contributed by atoms with E-state index in [4.69, 9.17) is 9.05 Å². The third kappa shape index (κ3) is 9.01. The smallest absolute Gasteiger partial charge is 0.309 e. The van der Waals surface area contributed by atoms with Crippen LogP contribution in [0.4, 0.5) is 0 Å². The van der Waals surface area contributed by atoms with Crippen LogP contribution in [-0.4, -0.2) is 19.4 Å². The Morgan fingerprint density at radius 3 is 2.15 bits per heavy atom. The van der Waals surface area contributed by atoms with Crippen molar-refractivity contribution in [3.63, 3.8) is 0 Å². The largest absolute Gasteiger partial charge is 0.330 e. The molecular formula is C22H35O3P. The lowest BCUT2D eigenvalue weighted by Gasteiger charge is -2.18. The van der Waals surface area contributed by atoms with Crippen LogP contribution in [0.3, 0.4) is 0 Å². The summed E-state index contributed by atoms with van der Waals surface area (Å²) >= 11 is 0. The first-order valence-electron chi connectivity index (χ1n) is 9.58. The maximum absolute atomic E-state index is 12.7. The van der Waals surface area contributed by atoms with E-state index in [2.05, 4.69) is 45.6 Å². The molecule has 0 spiro atoms. The molecule has 0 heterocycles. The van der Waals surface area contributed by atoms with Gasteiger partial charge >= 0.3 is 7.60 Å². The van der Waals surface area contributed by atoms with Crippen LogP contribution in [-0.2, 0) is 13.6 Å². The summed E-state index contributed by atoms with van der Waals surface area (Å²) in [5.41, 5.74) is 7.41. The summed E-state index contributed by atoms with van der Waals surface area (Å²) < 4.78 is 23.5. The fraction of sp³-hybridized carbons (Fsp3) is 0.591. The zero-order chi connectivity index (χ0) is 19.6. The highest BCUT2D eigenvalue weighted by atomic mass is 31.2. The average molecular weight is 378 g/mol. The lowest BCUT2D eigenvalue weighted by Crippen LogP contribution is -2.04. The van der Waals surface area contributed by atoms with Crippen molar-refractivity contribution in [3.05, 3.63) is 47.2 Å². The van der Waals surface area contributed by atoms with Gasteiger partial charge in [0.25, 0.3) is 0 Å². The van der Waals surface area contributed by atoms with Gasteiger partial charge in [-0.3, -0.25) is 4.57 Å². The van der Waals surface area contributed by atoms with Gasteiger partial charge in [-0.1, -0.05) is 51.1 Å². The van der Waals surface area contributed by atoms with Crippen molar-refractivity contribution < 1.29 is 13.6 Å². The van der Waals surface area contributed by atoms with Crippen LogP contribution in [0, 0.1) is 5.41 Å². The van der Waals surface area contributed by atoms with Crippen LogP contribution in [0.5, 0.6) is 0 Å². The Bertz CT molecular complexity index is 640. The third-order valence-corrected chi connectivity index (χ3v) is 5.96. The molecule has 0 saturated carbocycles. The third-order valence-electron chi connectivity index (χ3n) is 3.79. The van der Waals surface area contributed by atoms with E-state index in [9.17, 15) is 4.57 Å². The molecule has 0 aromatic heterocycles. The summed E-state index contributed by atoms with van der Waals surface area (Å²) in [5, 5.41) is 0. The second kappa shape index (κ2) is 10.9. The maximum atomic E-state index is 12.7. The zero-order valence-corrected chi connectivity index (χ0v) is 18.2. The molecule has 0 bridgehead atoms. The van der Waals surface area contributed by atoms with Crippen LogP contribution in [0.25, 0.3) is 5.57 Å². The molecule has 0 fully saturated rings. The summed E-state index contributed by atoms with van der Waals surface area (Å²) in [6, 6.07) is 10.3. The lowest BCUT2D eigenvalue weighted by molar-refractivity contribution is 0.220. The molecule has 0 aliphatic rings. The molecule has 146 valence electrons. The summed E-state index contributed by atoms with van der Waals surface area (Å²) in [7, 11) is -2.98. The van der Waals surface area contributed by atoms with Gasteiger partial charge in [0.2, 0.25) is 0 Å². The maximum Gasteiger partial charge on any atom is 0.330 e. The Kier molecular flexibility index (Phi) is 9.61. The van der Waals surface area contributed by atoms with Crippen LogP contribution < -0.4 is 0 Å². The standard InChI is InChI=1S/C22H35O3P/c1-7-24-26(23,25-8-2)16-12-15-21(20-13-10-9-11-14-20)17-19(3)18-22(4,5)6/h9-11,13-14H,7-8,12,15-16,18H2,1-6H3. The molecule has 0 saturated heterocycles. The first-order chi connectivity index (χ1) is 12.2. The summed E-state index contributed by atoms with van der Waals surface area (Å²) in [6.07, 6.45) is 2.98. The first-order valence-corrected chi connectivity index (χ1v) is 11.3. The Morgan fingerprint density at radius 1 is 1.08 bits per heavy atom. The monoisotopic (exact) mass is 378 g/mol. The fourth-order valence-electron chi connectivity index (χ4n) is 3.02. The molecule has 0 radical (unpaired) electrons. The van der Waals surface area contributed by atoms with Gasteiger partial charge < -0.3 is 9.05 Å². The molecule has 0 amide bonds. The van der Waals surface area contributed by atoms with Crippen LogP contribution >= 0.6 is 7.60 Å². The van der Waals surface area contributed by atoms with Gasteiger partial charge in [0, 0.05) is 5.57 Å². The number of hydrogen-bond acceptors (Lipinski definition) is 3. The number of rotatable bonds is 10. The summed E-state index contributed by atoms with van der Waals surface area (Å²) in [5.74, 6) is 0. The molecule has 0 aliphatic heterocycles. The van der Waals surface area contributed by atoms with Gasteiger partial charge in [0.05, 0.1) is 19.4 Å². The molecule has 3 nitrogen and oxygen atoms in total. The van der Waals surface area contributed by atoms with Crippen molar-refractivity contribution in [2.45, 2.75) is 60.8 Å². The van der Waals surface area contributed by atoms with Gasteiger partial charge in [-0.05, 0) is 56.6 Å². The summed E-state index contributed by atoms with van der Waals surface area (Å²) in [4.78, 5) is 0. The fourth-order valence-corrected chi connectivity index (χ4v) is 4.69. The normalized spacial score (nSPS) is 11.9. The molecule has 1 rings (SSSR count). The van der Waals surface area contributed by atoms with E-state index in [1.54, 1.807) is 0 Å². The van der Waals surface area contributed by atoms with E-state index in [0.29, 0.717) is 19.4 Å². The number of benzene rings is 1. The molecule has 26 heavy (non-hydrogen) atoms. The summed E-state index contributed by atoms with van der Waals surface area (Å²) in [6.45, 7) is 13.4. The average Bonchev–Trinajstić information content (AvgIpc) is 2.53. The van der Waals surface area contributed by atoms with Gasteiger partial charge in [-0.15, -0.1) is 5.73 Å². The van der Waals surface area contributed by atoms with E-state index >= 15 is 0 Å². The highest BCUT2D eigenvalue weighted by Crippen LogP contribution is 2.49. The molecule has 1 aromatic carbocycles. The molecular weight excluding hydrogens is 343 g/mol. The minimum absolute atomic E-state index is 0.235. The topological polar surface area (TPSA) is 35.5 Å². The predicted molar refractivity (Wildman–Crippen MR) is 112 cm³/mol. The lowest BCUT2D eigenvalue weighted by atomic mass is 9.88. The Morgan fingerprint density at radius 2 is 1.65 bits per heavy atom. The van der Waals surface area contributed by atoms with Gasteiger partial charge in [0.15, 0.2) is 0 Å². The number of hydrogen-bond donors (Lipinski definition) is 0. The van der Waals surface area contributed by atoms with Crippen LogP contribution in [0.15, 0.2) is 41.6 Å². The van der Waals surface area contributed by atoms with Gasteiger partial charge in [-0.25, -0.2) is 0 Å². The van der Waals surface area contributed by atoms with Gasteiger partial charge in [-0.2, -0.15) is 0 Å². The first kappa shape index (κ1) is 22.9. The van der Waals surface area contributed by atoms with Crippen molar-refractivity contribution in [2.75, 3.05) is 19.4 Å². The Hall–Kier alpha value is -1.11. The van der Waals surface area contributed by atoms with Crippen LogP contribution in [0.2, 0.25) is 0 Å².